The third-order valence-corrected chi connectivity index (χ3v) is 4.46. The van der Waals surface area contributed by atoms with E-state index in [9.17, 15) is 9.59 Å². The smallest absolute Gasteiger partial charge is 0.259 e. The minimum Gasteiger partial charge on any atom is -0.497 e. The number of carbonyl (C=O) groups excluding carboxylic acids is 1. The van der Waals surface area contributed by atoms with Crippen LogP contribution in [-0.4, -0.2) is 39.3 Å². The van der Waals surface area contributed by atoms with Gasteiger partial charge in [0.15, 0.2) is 4.32 Å². The number of fused-ring (bicyclic) bond motifs is 1. The molecule has 1 fully saturated rings. The number of aromatic nitrogens is 1. The molecule has 0 aliphatic carbocycles. The molecule has 0 bridgehead atoms. The number of benzene rings is 1. The van der Waals surface area contributed by atoms with E-state index in [1.807, 2.05) is 6.07 Å². The second kappa shape index (κ2) is 5.90. The molecule has 3 rings (SSSR count). The van der Waals surface area contributed by atoms with Crippen LogP contribution in [0.4, 0.5) is 0 Å². The monoisotopic (exact) mass is 333 g/mol. The van der Waals surface area contributed by atoms with Crippen molar-refractivity contribution >= 4 is 51.3 Å². The summed E-state index contributed by atoms with van der Waals surface area (Å²) in [6.45, 7) is 0. The van der Waals surface area contributed by atoms with Crippen molar-refractivity contribution in [3.8, 4) is 5.75 Å². The molecule has 0 saturated carbocycles. The molecule has 1 aliphatic heterocycles. The molecule has 0 spiro atoms. The number of hydrogen-bond donors (Lipinski definition) is 1. The van der Waals surface area contributed by atoms with Gasteiger partial charge < -0.3 is 9.72 Å². The van der Waals surface area contributed by atoms with Gasteiger partial charge in [0.25, 0.3) is 11.5 Å². The van der Waals surface area contributed by atoms with E-state index in [-0.39, 0.29) is 17.2 Å². The molecule has 1 aromatic heterocycles. The number of hydrazone groups is 1. The topological polar surface area (TPSA) is 74.8 Å². The first kappa shape index (κ1) is 14.7. The summed E-state index contributed by atoms with van der Waals surface area (Å²) in [6.07, 6.45) is 1.35. The van der Waals surface area contributed by atoms with E-state index >= 15 is 0 Å². The summed E-state index contributed by atoms with van der Waals surface area (Å²) in [5, 5.41) is 5.98. The van der Waals surface area contributed by atoms with Gasteiger partial charge in [0.2, 0.25) is 0 Å². The van der Waals surface area contributed by atoms with Crippen molar-refractivity contribution in [1.29, 1.82) is 0 Å². The highest BCUT2D eigenvalue weighted by Gasteiger charge is 2.26. The minimum absolute atomic E-state index is 0.187. The average Bonchev–Trinajstić information content (AvgIpc) is 2.83. The van der Waals surface area contributed by atoms with Crippen LogP contribution in [0, 0.1) is 0 Å². The molecule has 1 N–H and O–H groups in total. The number of aromatic amines is 1. The Morgan fingerprint density at radius 2 is 2.23 bits per heavy atom. The third kappa shape index (κ3) is 2.75. The fraction of sp³-hybridized carbons (Fsp3) is 0.143. The molecule has 1 aliphatic rings. The van der Waals surface area contributed by atoms with Crippen LogP contribution in [0.1, 0.15) is 5.56 Å². The highest BCUT2D eigenvalue weighted by atomic mass is 32.2. The summed E-state index contributed by atoms with van der Waals surface area (Å²) in [6, 6.07) is 7.08. The Hall–Kier alpha value is -2.19. The van der Waals surface area contributed by atoms with Gasteiger partial charge in [-0.25, -0.2) is 0 Å². The molecular weight excluding hydrogens is 322 g/mol. The van der Waals surface area contributed by atoms with Crippen molar-refractivity contribution in [2.45, 2.75) is 0 Å². The number of nitrogens with one attached hydrogen (secondary N) is 1. The fourth-order valence-electron chi connectivity index (χ4n) is 2.00. The molecule has 1 amide bonds. The van der Waals surface area contributed by atoms with E-state index in [4.69, 9.17) is 17.0 Å². The number of methoxy groups -OCH3 is 1. The van der Waals surface area contributed by atoms with Gasteiger partial charge in [0.1, 0.15) is 5.75 Å². The Kier molecular flexibility index (Phi) is 3.95. The van der Waals surface area contributed by atoms with Crippen LogP contribution in [0.2, 0.25) is 0 Å². The van der Waals surface area contributed by atoms with Crippen LogP contribution in [0.15, 0.2) is 34.2 Å². The highest BCUT2D eigenvalue weighted by Crippen LogP contribution is 2.20. The summed E-state index contributed by atoms with van der Waals surface area (Å²) in [7, 11) is 1.56. The first-order valence-corrected chi connectivity index (χ1v) is 7.72. The van der Waals surface area contributed by atoms with Crippen molar-refractivity contribution < 1.29 is 9.53 Å². The van der Waals surface area contributed by atoms with E-state index in [1.54, 1.807) is 25.3 Å². The number of rotatable bonds is 3. The zero-order valence-electron chi connectivity index (χ0n) is 11.5. The van der Waals surface area contributed by atoms with Gasteiger partial charge in [-0.15, -0.1) is 0 Å². The number of carbonyl (C=O) groups is 1. The van der Waals surface area contributed by atoms with Crippen molar-refractivity contribution in [2.24, 2.45) is 5.10 Å². The number of ether oxygens (including phenoxy) is 1. The molecule has 2 heterocycles. The molecule has 22 heavy (non-hydrogen) atoms. The van der Waals surface area contributed by atoms with Gasteiger partial charge in [-0.3, -0.25) is 9.59 Å². The lowest BCUT2D eigenvalue weighted by atomic mass is 10.1. The van der Waals surface area contributed by atoms with Gasteiger partial charge in [-0.2, -0.15) is 10.1 Å². The summed E-state index contributed by atoms with van der Waals surface area (Å²) in [4.78, 5) is 26.4. The second-order valence-electron chi connectivity index (χ2n) is 4.51. The lowest BCUT2D eigenvalue weighted by Crippen LogP contribution is -2.23. The fourth-order valence-corrected chi connectivity index (χ4v) is 2.97. The van der Waals surface area contributed by atoms with Gasteiger partial charge in [0, 0.05) is 6.07 Å². The molecule has 2 aromatic rings. The Bertz CT molecular complexity index is 844. The van der Waals surface area contributed by atoms with Crippen molar-refractivity contribution in [1.82, 2.24) is 9.99 Å². The molecule has 1 aromatic carbocycles. The Morgan fingerprint density at radius 1 is 1.41 bits per heavy atom. The predicted molar refractivity (Wildman–Crippen MR) is 90.6 cm³/mol. The van der Waals surface area contributed by atoms with Gasteiger partial charge in [-0.1, -0.05) is 24.0 Å². The second-order valence-corrected chi connectivity index (χ2v) is 6.12. The Labute approximate surface area is 135 Å². The molecule has 0 unspecified atom stereocenters. The number of thioether (sulfide) groups is 1. The zero-order chi connectivity index (χ0) is 15.7. The SMILES string of the molecule is COc1ccc2cc(C=NN3C(=O)CSC3=S)c(=O)[nH]c2c1. The van der Waals surface area contributed by atoms with E-state index in [2.05, 4.69) is 10.1 Å². The first-order chi connectivity index (χ1) is 10.6. The summed E-state index contributed by atoms with van der Waals surface area (Å²) in [5.74, 6) is 0.757. The van der Waals surface area contributed by atoms with E-state index in [0.717, 1.165) is 10.4 Å². The van der Waals surface area contributed by atoms with Crippen LogP contribution in [0.3, 0.4) is 0 Å². The Morgan fingerprint density at radius 3 is 2.91 bits per heavy atom. The number of hydrogen-bond acceptors (Lipinski definition) is 6. The van der Waals surface area contributed by atoms with Gasteiger partial charge in [-0.05, 0) is 23.6 Å². The molecule has 6 nitrogen and oxygen atoms in total. The maximum Gasteiger partial charge on any atom is 0.259 e. The highest BCUT2D eigenvalue weighted by molar-refractivity contribution is 8.23. The summed E-state index contributed by atoms with van der Waals surface area (Å²) in [5.41, 5.74) is 0.727. The molecule has 112 valence electrons. The van der Waals surface area contributed by atoms with Gasteiger partial charge >= 0.3 is 0 Å². The lowest BCUT2D eigenvalue weighted by Gasteiger charge is -2.06. The lowest BCUT2D eigenvalue weighted by molar-refractivity contribution is -0.123. The van der Waals surface area contributed by atoms with Crippen LogP contribution < -0.4 is 10.3 Å². The number of pyridine rings is 1. The van der Waals surface area contributed by atoms with E-state index in [0.29, 0.717) is 21.2 Å². The zero-order valence-corrected chi connectivity index (χ0v) is 13.2. The van der Waals surface area contributed by atoms with Gasteiger partial charge in [0.05, 0.1) is 30.2 Å². The maximum atomic E-state index is 12.1. The molecule has 0 atom stereocenters. The van der Waals surface area contributed by atoms with Crippen LogP contribution in [0.5, 0.6) is 5.75 Å². The average molecular weight is 333 g/mol. The standard InChI is InChI=1S/C14H11N3O3S2/c1-20-10-3-2-8-4-9(13(19)16-11(8)5-10)6-15-17-12(18)7-22-14(17)21/h2-6H,7H2,1H3,(H,16,19). The van der Waals surface area contributed by atoms with E-state index in [1.165, 1.54) is 18.0 Å². The quantitative estimate of drug-likeness (QED) is 0.684. The normalized spacial score (nSPS) is 15.2. The van der Waals surface area contributed by atoms with Crippen molar-refractivity contribution in [3.05, 3.63) is 40.2 Å². The maximum absolute atomic E-state index is 12.1. The predicted octanol–water partition coefficient (Wildman–Crippen LogP) is 1.73. The number of thiocarbonyl (C=S) groups is 1. The van der Waals surface area contributed by atoms with Crippen LogP contribution in [-0.2, 0) is 4.79 Å². The molecule has 0 radical (unpaired) electrons. The third-order valence-electron chi connectivity index (χ3n) is 3.12. The minimum atomic E-state index is -0.297. The van der Waals surface area contributed by atoms with Crippen LogP contribution >= 0.6 is 24.0 Å². The molecule has 1 saturated heterocycles. The summed E-state index contributed by atoms with van der Waals surface area (Å²) >= 11 is 6.28. The first-order valence-electron chi connectivity index (χ1n) is 6.33. The van der Waals surface area contributed by atoms with Crippen LogP contribution in [0.25, 0.3) is 10.9 Å². The van der Waals surface area contributed by atoms with Crippen molar-refractivity contribution in [2.75, 3.05) is 12.9 Å². The molecular formula is C14H11N3O3S2. The molecule has 8 heteroatoms. The number of nitrogens with zero attached hydrogens (tertiary/aromatic N) is 2. The van der Waals surface area contributed by atoms with Crippen molar-refractivity contribution in [3.63, 3.8) is 0 Å². The number of H-pyrrole nitrogens is 1. The van der Waals surface area contributed by atoms with E-state index < -0.39 is 0 Å². The largest absolute Gasteiger partial charge is 0.497 e. The Balaban J connectivity index is 1.97. The number of amides is 1. The summed E-state index contributed by atoms with van der Waals surface area (Å²) < 4.78 is 5.51.